The fourth-order valence-corrected chi connectivity index (χ4v) is 3.12. The van der Waals surface area contributed by atoms with Gasteiger partial charge >= 0.3 is 0 Å². The van der Waals surface area contributed by atoms with Gasteiger partial charge in [0.2, 0.25) is 0 Å². The third kappa shape index (κ3) is 1.70. The number of aromatic amines is 2. The molecular weight excluding hydrogens is 306 g/mol. The van der Waals surface area contributed by atoms with Gasteiger partial charge in [-0.2, -0.15) is 0 Å². The van der Waals surface area contributed by atoms with Gasteiger partial charge in [-0.1, -0.05) is 12.1 Å². The van der Waals surface area contributed by atoms with E-state index in [4.69, 9.17) is 4.42 Å². The molecule has 6 heteroatoms. The third-order valence-corrected chi connectivity index (χ3v) is 4.15. The minimum Gasteiger partial charge on any atom is -0.508 e. The normalized spacial score (nSPS) is 11.7. The molecule has 0 atom stereocenters. The van der Waals surface area contributed by atoms with Gasteiger partial charge in [0.15, 0.2) is 16.7 Å². The van der Waals surface area contributed by atoms with Crippen molar-refractivity contribution in [2.45, 2.75) is 0 Å². The lowest BCUT2D eigenvalue weighted by atomic mass is 10.0. The highest BCUT2D eigenvalue weighted by atomic mass is 16.3. The summed E-state index contributed by atoms with van der Waals surface area (Å²) in [6, 6.07) is 11.6. The molecule has 0 radical (unpaired) electrons. The second-order valence-corrected chi connectivity index (χ2v) is 5.65. The van der Waals surface area contributed by atoms with Crippen LogP contribution in [0.5, 0.6) is 5.75 Å². The first-order valence-electron chi connectivity index (χ1n) is 7.42. The predicted molar refractivity (Wildman–Crippen MR) is 91.1 cm³/mol. The Hall–Kier alpha value is -3.54. The molecule has 0 amide bonds. The van der Waals surface area contributed by atoms with Gasteiger partial charge in [-0.3, -0.25) is 9.89 Å². The molecule has 0 aliphatic carbocycles. The molecule has 0 saturated carbocycles. The average Bonchev–Trinajstić information content (AvgIpc) is 3.15. The van der Waals surface area contributed by atoms with Gasteiger partial charge in [0.05, 0.1) is 0 Å². The number of pyridine rings is 1. The number of phenolic OH excluding ortho intramolecular Hbond substituents is 1. The monoisotopic (exact) mass is 317 g/mol. The lowest BCUT2D eigenvalue weighted by Gasteiger charge is -2.05. The molecule has 0 saturated heterocycles. The number of hydrogen-bond acceptors (Lipinski definition) is 4. The lowest BCUT2D eigenvalue weighted by molar-refractivity contribution is 0.475. The summed E-state index contributed by atoms with van der Waals surface area (Å²) in [6.45, 7) is 0. The van der Waals surface area contributed by atoms with Crippen molar-refractivity contribution in [2.24, 2.45) is 0 Å². The van der Waals surface area contributed by atoms with Gasteiger partial charge < -0.3 is 14.6 Å². The standard InChI is InChI=1S/C18H11N3O3/c22-10-3-1-2-9(6-10)15-13-8-19-21-18(13)20-16-12-5-4-11(23)7-14(12)24-17(15)16/h1-8,22H,(H2,19,20,21). The Kier molecular flexibility index (Phi) is 2.42. The summed E-state index contributed by atoms with van der Waals surface area (Å²) in [7, 11) is 0. The van der Waals surface area contributed by atoms with E-state index in [-0.39, 0.29) is 11.2 Å². The first-order chi connectivity index (χ1) is 11.7. The summed E-state index contributed by atoms with van der Waals surface area (Å²) in [6.07, 6.45) is 1.80. The number of aromatic hydroxyl groups is 1. The Morgan fingerprint density at radius 3 is 2.88 bits per heavy atom. The molecule has 6 nitrogen and oxygen atoms in total. The van der Waals surface area contributed by atoms with E-state index in [0.29, 0.717) is 22.3 Å². The van der Waals surface area contributed by atoms with E-state index < -0.39 is 0 Å². The highest BCUT2D eigenvalue weighted by Crippen LogP contribution is 2.39. The first-order valence-corrected chi connectivity index (χ1v) is 7.42. The zero-order chi connectivity index (χ0) is 16.3. The van der Waals surface area contributed by atoms with Crippen LogP contribution in [0.4, 0.5) is 0 Å². The molecule has 116 valence electrons. The van der Waals surface area contributed by atoms with Gasteiger partial charge in [0.1, 0.15) is 16.8 Å². The van der Waals surface area contributed by atoms with Crippen LogP contribution in [0.1, 0.15) is 0 Å². The molecule has 0 fully saturated rings. The number of nitrogens with zero attached hydrogens (tertiary/aromatic N) is 1. The third-order valence-electron chi connectivity index (χ3n) is 4.15. The Labute approximate surface area is 134 Å². The molecule has 0 aliphatic rings. The van der Waals surface area contributed by atoms with Gasteiger partial charge in [0, 0.05) is 28.6 Å². The van der Waals surface area contributed by atoms with Crippen LogP contribution < -0.4 is 5.43 Å². The molecule has 0 unspecified atom stereocenters. The van der Waals surface area contributed by atoms with Crippen molar-refractivity contribution in [3.8, 4) is 16.9 Å². The van der Waals surface area contributed by atoms with Crippen LogP contribution in [0.3, 0.4) is 0 Å². The average molecular weight is 317 g/mol. The van der Waals surface area contributed by atoms with E-state index in [0.717, 1.165) is 21.9 Å². The minimum absolute atomic E-state index is 0.112. The largest absolute Gasteiger partial charge is 0.508 e. The molecule has 0 spiro atoms. The van der Waals surface area contributed by atoms with Crippen LogP contribution in [0.25, 0.3) is 44.2 Å². The van der Waals surface area contributed by atoms with Crippen LogP contribution in [0.15, 0.2) is 57.9 Å². The second-order valence-electron chi connectivity index (χ2n) is 5.65. The fourth-order valence-electron chi connectivity index (χ4n) is 3.12. The van der Waals surface area contributed by atoms with Gasteiger partial charge in [-0.15, -0.1) is 0 Å². The van der Waals surface area contributed by atoms with E-state index in [1.54, 1.807) is 30.5 Å². The van der Waals surface area contributed by atoms with Crippen LogP contribution >= 0.6 is 0 Å². The maximum absolute atomic E-state index is 11.6. The molecule has 3 N–H and O–H groups in total. The number of benzene rings is 2. The Morgan fingerprint density at radius 2 is 2.00 bits per heavy atom. The van der Waals surface area contributed by atoms with Crippen LogP contribution in [-0.4, -0.2) is 20.3 Å². The van der Waals surface area contributed by atoms with Crippen LogP contribution in [0, 0.1) is 0 Å². The van der Waals surface area contributed by atoms with Crippen molar-refractivity contribution >= 4 is 33.1 Å². The summed E-state index contributed by atoms with van der Waals surface area (Å²) < 4.78 is 5.96. The van der Waals surface area contributed by atoms with E-state index in [1.165, 1.54) is 12.1 Å². The number of hydrogen-bond donors (Lipinski definition) is 3. The van der Waals surface area contributed by atoms with E-state index in [1.807, 2.05) is 6.07 Å². The number of furan rings is 1. The summed E-state index contributed by atoms with van der Waals surface area (Å²) in [5.74, 6) is 0.170. The molecule has 24 heavy (non-hydrogen) atoms. The zero-order valence-electron chi connectivity index (χ0n) is 12.3. The van der Waals surface area contributed by atoms with Crippen molar-refractivity contribution in [1.82, 2.24) is 15.2 Å². The van der Waals surface area contributed by atoms with Crippen LogP contribution in [0.2, 0.25) is 0 Å². The van der Waals surface area contributed by atoms with Gasteiger partial charge in [-0.25, -0.2) is 4.98 Å². The van der Waals surface area contributed by atoms with E-state index >= 15 is 0 Å². The highest BCUT2D eigenvalue weighted by Gasteiger charge is 2.18. The summed E-state index contributed by atoms with van der Waals surface area (Å²) in [5.41, 5.74) is 3.94. The summed E-state index contributed by atoms with van der Waals surface area (Å²) in [4.78, 5) is 16.2. The quantitative estimate of drug-likeness (QED) is 0.441. The topological polar surface area (TPSA) is 94.9 Å². The smallest absolute Gasteiger partial charge is 0.182 e. The molecule has 2 aromatic carbocycles. The maximum atomic E-state index is 11.6. The van der Waals surface area contributed by atoms with Crippen molar-refractivity contribution < 1.29 is 9.52 Å². The molecule has 3 aromatic heterocycles. The van der Waals surface area contributed by atoms with Gasteiger partial charge in [-0.05, 0) is 29.8 Å². The predicted octanol–water partition coefficient (Wildman–Crippen LogP) is 3.52. The lowest BCUT2D eigenvalue weighted by Crippen LogP contribution is -1.92. The molecule has 0 bridgehead atoms. The molecule has 5 rings (SSSR count). The van der Waals surface area contributed by atoms with Crippen LogP contribution in [-0.2, 0) is 0 Å². The SMILES string of the molecule is O=c1ccc2c(c1)oc1c(-c3cccc(O)c3)c3c[nH][nH]c3nc12. The number of aromatic nitrogens is 3. The van der Waals surface area contributed by atoms with Gasteiger partial charge in [0.25, 0.3) is 0 Å². The zero-order valence-corrected chi connectivity index (χ0v) is 12.3. The van der Waals surface area contributed by atoms with E-state index in [2.05, 4.69) is 15.2 Å². The summed E-state index contributed by atoms with van der Waals surface area (Å²) in [5, 5.41) is 17.4. The Bertz CT molecular complexity index is 1290. The first kappa shape index (κ1) is 13.0. The van der Waals surface area contributed by atoms with Crippen molar-refractivity contribution in [3.63, 3.8) is 0 Å². The second kappa shape index (κ2) is 4.48. The number of rotatable bonds is 1. The number of nitrogens with one attached hydrogen (secondary N) is 2. The number of phenols is 1. The number of fused-ring (bicyclic) bond motifs is 4. The molecule has 5 aromatic rings. The van der Waals surface area contributed by atoms with Crippen molar-refractivity contribution in [1.29, 1.82) is 0 Å². The Balaban J connectivity index is 2.03. The maximum Gasteiger partial charge on any atom is 0.182 e. The van der Waals surface area contributed by atoms with E-state index in [9.17, 15) is 9.90 Å². The molecular formula is C18H11N3O3. The minimum atomic E-state index is -0.112. The highest BCUT2D eigenvalue weighted by molar-refractivity contribution is 6.14. The molecule has 0 aliphatic heterocycles. The molecule has 3 heterocycles. The van der Waals surface area contributed by atoms with Crippen molar-refractivity contribution in [2.75, 3.05) is 0 Å². The number of H-pyrrole nitrogens is 2. The fraction of sp³-hybridized carbons (Fsp3) is 0. The van der Waals surface area contributed by atoms with Crippen molar-refractivity contribution in [3.05, 3.63) is 58.9 Å². The summed E-state index contributed by atoms with van der Waals surface area (Å²) >= 11 is 0. The Morgan fingerprint density at radius 1 is 1.08 bits per heavy atom.